The number of carbonyl (C=O) groups is 1. The lowest BCUT2D eigenvalue weighted by Gasteiger charge is -2.08. The Morgan fingerprint density at radius 3 is 1.86 bits per heavy atom. The van der Waals surface area contributed by atoms with Gasteiger partial charge in [-0.1, -0.05) is 51.4 Å². The van der Waals surface area contributed by atoms with E-state index in [0.717, 1.165) is 32.2 Å². The van der Waals surface area contributed by atoms with Gasteiger partial charge in [-0.15, -0.1) is 0 Å². The molecule has 0 heterocycles. The monoisotopic (exact) mass is 337 g/mol. The van der Waals surface area contributed by atoms with Gasteiger partial charge in [-0.3, -0.25) is 13.8 Å². The molecule has 132 valence electrons. The maximum atomic E-state index is 11.0. The van der Waals surface area contributed by atoms with Crippen LogP contribution in [0.15, 0.2) is 0 Å². The molecule has 0 aliphatic heterocycles. The van der Waals surface area contributed by atoms with Crippen molar-refractivity contribution in [3.8, 4) is 0 Å². The molecule has 0 radical (unpaired) electrons. The second-order valence-electron chi connectivity index (χ2n) is 5.50. The highest BCUT2D eigenvalue weighted by Gasteiger charge is 2.17. The molecule has 0 saturated carbocycles. The summed E-state index contributed by atoms with van der Waals surface area (Å²) in [6.45, 7) is 2.61. The summed E-state index contributed by atoms with van der Waals surface area (Å²) in [5.41, 5.74) is 0. The fraction of sp³-hybridized carbons (Fsp3) is 0.933. The number of unbranched alkanes of at least 4 members (excludes halogenated alkanes) is 9. The Hall–Kier alpha value is -0.420. The molecule has 6 nitrogen and oxygen atoms in total. The number of nitrogens with one attached hydrogen (secondary N) is 1. The predicted molar refractivity (Wildman–Crippen MR) is 87.6 cm³/mol. The first-order valence-electron chi connectivity index (χ1n) is 8.25. The van der Waals surface area contributed by atoms with Gasteiger partial charge in [0.05, 0.1) is 6.61 Å². The topological polar surface area (TPSA) is 84.9 Å². The first-order chi connectivity index (χ1) is 10.5. The Bertz CT molecular complexity index is 325. The third-order valence-corrected chi connectivity index (χ3v) is 4.40. The van der Waals surface area contributed by atoms with Crippen LogP contribution in [0.4, 0.5) is 0 Å². The van der Waals surface area contributed by atoms with Gasteiger partial charge in [0.2, 0.25) is 5.91 Å². The number of hydrogen-bond donors (Lipinski definition) is 2. The van der Waals surface area contributed by atoms with Crippen LogP contribution < -0.4 is 5.32 Å². The number of carbonyl (C=O) groups excluding carboxylic acids is 1. The van der Waals surface area contributed by atoms with Gasteiger partial charge in [0.1, 0.15) is 0 Å². The van der Waals surface area contributed by atoms with Crippen LogP contribution in [-0.2, 0) is 18.4 Å². The molecule has 0 fully saturated rings. The Morgan fingerprint density at radius 2 is 1.41 bits per heavy atom. The quantitative estimate of drug-likeness (QED) is 0.351. The van der Waals surface area contributed by atoms with Crippen molar-refractivity contribution >= 4 is 13.7 Å². The largest absolute Gasteiger partial charge is 0.471 e. The molecule has 22 heavy (non-hydrogen) atoms. The van der Waals surface area contributed by atoms with Crippen molar-refractivity contribution in [1.82, 2.24) is 5.32 Å². The molecular formula is C15H32NO5P. The first kappa shape index (κ1) is 21.6. The average Bonchev–Trinajstić information content (AvgIpc) is 2.47. The lowest BCUT2D eigenvalue weighted by molar-refractivity contribution is -0.118. The highest BCUT2D eigenvalue weighted by atomic mass is 31.2. The fourth-order valence-electron chi connectivity index (χ4n) is 2.14. The maximum Gasteiger partial charge on any atom is 0.471 e. The molecule has 0 aliphatic carbocycles. The molecule has 1 atom stereocenters. The van der Waals surface area contributed by atoms with E-state index >= 15 is 0 Å². The van der Waals surface area contributed by atoms with E-state index in [1.54, 1.807) is 6.92 Å². The zero-order valence-electron chi connectivity index (χ0n) is 14.0. The molecular weight excluding hydrogens is 305 g/mol. The van der Waals surface area contributed by atoms with Crippen molar-refractivity contribution in [1.29, 1.82) is 0 Å². The third-order valence-electron chi connectivity index (χ3n) is 3.43. The second kappa shape index (κ2) is 14.2. The van der Waals surface area contributed by atoms with E-state index in [0.29, 0.717) is 0 Å². The lowest BCUT2D eigenvalue weighted by atomic mass is 10.1. The van der Waals surface area contributed by atoms with Gasteiger partial charge in [0.25, 0.3) is 0 Å². The summed E-state index contributed by atoms with van der Waals surface area (Å²) in [5, 5.41) is 2.80. The summed E-state index contributed by atoms with van der Waals surface area (Å²) in [7, 11) is -2.62. The van der Waals surface area contributed by atoms with E-state index in [1.165, 1.54) is 45.6 Å². The first-order valence-corrected chi connectivity index (χ1v) is 9.75. The molecule has 0 spiro atoms. The normalized spacial score (nSPS) is 13.8. The molecule has 0 aromatic heterocycles. The van der Waals surface area contributed by atoms with Crippen LogP contribution in [0.25, 0.3) is 0 Å². The SMILES string of the molecule is COP(=O)(O)OCCCCCCCCCCCCNC(C)=O. The van der Waals surface area contributed by atoms with Gasteiger partial charge in [-0.2, -0.15) is 0 Å². The standard InChI is InChI=1S/C15H32NO5P/c1-15(17)16-13-11-9-7-5-3-4-6-8-10-12-14-21-22(18,19)20-2/h3-14H2,1-2H3,(H,16,17)(H,18,19). The molecule has 0 saturated heterocycles. The van der Waals surface area contributed by atoms with E-state index in [9.17, 15) is 9.36 Å². The van der Waals surface area contributed by atoms with Crippen LogP contribution in [0.1, 0.15) is 71.1 Å². The predicted octanol–water partition coefficient (Wildman–Crippen LogP) is 3.79. The molecule has 1 amide bonds. The van der Waals surface area contributed by atoms with E-state index < -0.39 is 7.82 Å². The summed E-state index contributed by atoms with van der Waals surface area (Å²) in [4.78, 5) is 19.7. The minimum atomic E-state index is -3.78. The summed E-state index contributed by atoms with van der Waals surface area (Å²) >= 11 is 0. The van der Waals surface area contributed by atoms with Crippen LogP contribution in [0, 0.1) is 0 Å². The van der Waals surface area contributed by atoms with E-state index in [4.69, 9.17) is 9.42 Å². The molecule has 0 aliphatic rings. The zero-order chi connectivity index (χ0) is 16.7. The fourth-order valence-corrected chi connectivity index (χ4v) is 2.60. The van der Waals surface area contributed by atoms with Gasteiger partial charge in [-0.25, -0.2) is 4.57 Å². The van der Waals surface area contributed by atoms with Crippen LogP contribution in [-0.4, -0.2) is 31.1 Å². The Kier molecular flexibility index (Phi) is 13.9. The number of phosphoric acid groups is 1. The Balaban J connectivity index is 3.12. The number of hydrogen-bond acceptors (Lipinski definition) is 4. The summed E-state index contributed by atoms with van der Waals surface area (Å²) in [6, 6.07) is 0. The summed E-state index contributed by atoms with van der Waals surface area (Å²) in [6.07, 6.45) is 11.4. The smallest absolute Gasteiger partial charge is 0.356 e. The van der Waals surface area contributed by atoms with Gasteiger partial charge in [0.15, 0.2) is 0 Å². The van der Waals surface area contributed by atoms with Crippen molar-refractivity contribution in [3.05, 3.63) is 0 Å². The average molecular weight is 337 g/mol. The van der Waals surface area contributed by atoms with E-state index in [1.807, 2.05) is 0 Å². The number of rotatable bonds is 15. The molecule has 2 N–H and O–H groups in total. The molecule has 7 heteroatoms. The minimum absolute atomic E-state index is 0.0504. The third kappa shape index (κ3) is 16.0. The molecule has 0 rings (SSSR count). The summed E-state index contributed by atoms with van der Waals surface area (Å²) < 4.78 is 20.1. The van der Waals surface area contributed by atoms with E-state index in [-0.39, 0.29) is 12.5 Å². The Morgan fingerprint density at radius 1 is 0.955 bits per heavy atom. The molecule has 0 bridgehead atoms. The van der Waals surface area contributed by atoms with Crippen molar-refractivity contribution in [2.45, 2.75) is 71.1 Å². The van der Waals surface area contributed by atoms with Gasteiger partial charge < -0.3 is 10.2 Å². The van der Waals surface area contributed by atoms with Crippen LogP contribution in [0.5, 0.6) is 0 Å². The minimum Gasteiger partial charge on any atom is -0.356 e. The van der Waals surface area contributed by atoms with E-state index in [2.05, 4.69) is 9.84 Å². The van der Waals surface area contributed by atoms with Crippen molar-refractivity contribution < 1.29 is 23.3 Å². The highest BCUT2D eigenvalue weighted by molar-refractivity contribution is 7.47. The van der Waals surface area contributed by atoms with Crippen LogP contribution >= 0.6 is 7.82 Å². The molecule has 1 unspecified atom stereocenters. The van der Waals surface area contributed by atoms with Crippen molar-refractivity contribution in [2.75, 3.05) is 20.3 Å². The van der Waals surface area contributed by atoms with Crippen LogP contribution in [0.2, 0.25) is 0 Å². The second-order valence-corrected chi connectivity index (χ2v) is 7.06. The summed E-state index contributed by atoms with van der Waals surface area (Å²) in [5.74, 6) is 0.0504. The van der Waals surface area contributed by atoms with Crippen molar-refractivity contribution in [2.24, 2.45) is 0 Å². The zero-order valence-corrected chi connectivity index (χ0v) is 14.9. The van der Waals surface area contributed by atoms with Gasteiger partial charge >= 0.3 is 7.82 Å². The lowest BCUT2D eigenvalue weighted by Crippen LogP contribution is -2.20. The number of amides is 1. The van der Waals surface area contributed by atoms with Crippen molar-refractivity contribution in [3.63, 3.8) is 0 Å². The van der Waals surface area contributed by atoms with Gasteiger partial charge in [-0.05, 0) is 12.8 Å². The van der Waals surface area contributed by atoms with Gasteiger partial charge in [0, 0.05) is 20.6 Å². The Labute approximate surface area is 134 Å². The highest BCUT2D eigenvalue weighted by Crippen LogP contribution is 2.41. The van der Waals surface area contributed by atoms with Crippen LogP contribution in [0.3, 0.4) is 0 Å². The molecule has 0 aromatic carbocycles. The maximum absolute atomic E-state index is 11.0. The molecule has 0 aromatic rings. The number of phosphoric ester groups is 1.